The summed E-state index contributed by atoms with van der Waals surface area (Å²) in [7, 11) is 0. The maximum Gasteiger partial charge on any atom is 0.337 e. The van der Waals surface area contributed by atoms with E-state index in [-0.39, 0.29) is 10.6 Å². The first-order chi connectivity index (χ1) is 6.06. The minimum Gasteiger partial charge on any atom is -0.478 e. The zero-order valence-electron chi connectivity index (χ0n) is 6.55. The van der Waals surface area contributed by atoms with Crippen LogP contribution < -0.4 is 0 Å². The predicted molar refractivity (Wildman–Crippen MR) is 61.2 cm³/mol. The molecule has 0 radical (unpaired) electrons. The van der Waals surface area contributed by atoms with E-state index in [1.807, 2.05) is 22.6 Å². The average Bonchev–Trinajstić information content (AvgIpc) is 2.07. The number of carboxylic acid groups (broad SMARTS) is 1. The van der Waals surface area contributed by atoms with E-state index in [2.05, 4.69) is 6.58 Å². The van der Waals surface area contributed by atoms with Crippen LogP contribution in [0, 0.1) is 3.57 Å². The molecule has 1 N–H and O–H groups in total. The van der Waals surface area contributed by atoms with Crippen LogP contribution >= 0.6 is 34.2 Å². The van der Waals surface area contributed by atoms with Gasteiger partial charge in [-0.15, -0.1) is 0 Å². The van der Waals surface area contributed by atoms with Crippen molar-refractivity contribution in [2.75, 3.05) is 0 Å². The molecule has 68 valence electrons. The fraction of sp³-hybridized carbons (Fsp3) is 0. The smallest absolute Gasteiger partial charge is 0.337 e. The van der Waals surface area contributed by atoms with Crippen molar-refractivity contribution in [3.05, 3.63) is 38.4 Å². The van der Waals surface area contributed by atoms with E-state index >= 15 is 0 Å². The Balaban J connectivity index is 3.36. The lowest BCUT2D eigenvalue weighted by Gasteiger charge is -2.03. The fourth-order valence-corrected chi connectivity index (χ4v) is 1.82. The van der Waals surface area contributed by atoms with Crippen molar-refractivity contribution < 1.29 is 9.90 Å². The highest BCUT2D eigenvalue weighted by Gasteiger charge is 2.10. The summed E-state index contributed by atoms with van der Waals surface area (Å²) in [6.07, 6.45) is 1.64. The Morgan fingerprint density at radius 3 is 2.69 bits per heavy atom. The summed E-state index contributed by atoms with van der Waals surface area (Å²) in [5.74, 6) is -1.02. The highest BCUT2D eigenvalue weighted by atomic mass is 127. The molecule has 0 spiro atoms. The van der Waals surface area contributed by atoms with Gasteiger partial charge in [0.1, 0.15) is 0 Å². The molecule has 0 unspecified atom stereocenters. The van der Waals surface area contributed by atoms with E-state index in [0.717, 1.165) is 9.13 Å². The molecule has 1 rings (SSSR count). The van der Waals surface area contributed by atoms with E-state index in [0.29, 0.717) is 0 Å². The molecule has 0 aliphatic carbocycles. The number of carbonyl (C=O) groups is 1. The van der Waals surface area contributed by atoms with Crippen LogP contribution in [-0.2, 0) is 0 Å². The topological polar surface area (TPSA) is 37.3 Å². The Morgan fingerprint density at radius 2 is 2.23 bits per heavy atom. The molecule has 0 aliphatic heterocycles. The van der Waals surface area contributed by atoms with Gasteiger partial charge in [-0.2, -0.15) is 0 Å². The second-order valence-electron chi connectivity index (χ2n) is 2.36. The second-order valence-corrected chi connectivity index (χ2v) is 3.93. The van der Waals surface area contributed by atoms with Gasteiger partial charge >= 0.3 is 5.97 Å². The first-order valence-electron chi connectivity index (χ1n) is 3.41. The molecule has 0 bridgehead atoms. The van der Waals surface area contributed by atoms with Crippen LogP contribution in [0.25, 0.3) is 6.08 Å². The molecule has 1 aromatic rings. The molecule has 1 aromatic carbocycles. The van der Waals surface area contributed by atoms with Gasteiger partial charge in [-0.3, -0.25) is 0 Å². The third-order valence-corrected chi connectivity index (χ3v) is 2.78. The van der Waals surface area contributed by atoms with Crippen molar-refractivity contribution in [3.8, 4) is 0 Å². The standard InChI is InChI=1S/C9H6ClIO2/c1-2-5-3-7(10)6(9(12)13)4-8(5)11/h2-4H,1H2,(H,12,13). The first-order valence-corrected chi connectivity index (χ1v) is 4.86. The second kappa shape index (κ2) is 4.11. The summed E-state index contributed by atoms with van der Waals surface area (Å²) < 4.78 is 0.828. The quantitative estimate of drug-likeness (QED) is 0.851. The molecule has 0 heterocycles. The zero-order valence-corrected chi connectivity index (χ0v) is 9.46. The SMILES string of the molecule is C=Cc1cc(Cl)c(C(=O)O)cc1I. The lowest BCUT2D eigenvalue weighted by atomic mass is 10.1. The lowest BCUT2D eigenvalue weighted by molar-refractivity contribution is 0.0697. The van der Waals surface area contributed by atoms with Crippen LogP contribution in [0.4, 0.5) is 0 Å². The van der Waals surface area contributed by atoms with Crippen LogP contribution in [0.3, 0.4) is 0 Å². The highest BCUT2D eigenvalue weighted by molar-refractivity contribution is 14.1. The van der Waals surface area contributed by atoms with E-state index < -0.39 is 5.97 Å². The van der Waals surface area contributed by atoms with Gasteiger partial charge < -0.3 is 5.11 Å². The third-order valence-electron chi connectivity index (χ3n) is 1.54. The Hall–Kier alpha value is -0.550. The molecule has 13 heavy (non-hydrogen) atoms. The van der Waals surface area contributed by atoms with Crippen LogP contribution in [0.2, 0.25) is 5.02 Å². The van der Waals surface area contributed by atoms with Gasteiger partial charge in [-0.05, 0) is 40.3 Å². The summed E-state index contributed by atoms with van der Waals surface area (Å²) in [4.78, 5) is 10.7. The van der Waals surface area contributed by atoms with Gasteiger partial charge in [-0.1, -0.05) is 24.3 Å². The van der Waals surface area contributed by atoms with Gasteiger partial charge in [0.05, 0.1) is 10.6 Å². The molecule has 0 saturated heterocycles. The molecule has 0 aliphatic rings. The Bertz CT molecular complexity index is 374. The summed E-state index contributed by atoms with van der Waals surface area (Å²) in [5.41, 5.74) is 0.965. The van der Waals surface area contributed by atoms with E-state index in [9.17, 15) is 4.79 Å². The average molecular weight is 309 g/mol. The number of hydrogen-bond donors (Lipinski definition) is 1. The van der Waals surface area contributed by atoms with Crippen molar-refractivity contribution in [3.63, 3.8) is 0 Å². The fourth-order valence-electron chi connectivity index (χ4n) is 0.883. The maximum atomic E-state index is 10.7. The van der Waals surface area contributed by atoms with Gasteiger partial charge in [-0.25, -0.2) is 4.79 Å². The zero-order chi connectivity index (χ0) is 10.0. The maximum absolute atomic E-state index is 10.7. The number of carboxylic acids is 1. The Labute approximate surface area is 94.4 Å². The number of hydrogen-bond acceptors (Lipinski definition) is 1. The number of halogens is 2. The summed E-state index contributed by atoms with van der Waals surface area (Å²) in [5, 5.41) is 8.98. The Morgan fingerprint density at radius 1 is 1.62 bits per heavy atom. The highest BCUT2D eigenvalue weighted by Crippen LogP contribution is 2.23. The van der Waals surface area contributed by atoms with E-state index in [1.165, 1.54) is 6.07 Å². The third kappa shape index (κ3) is 2.22. The van der Waals surface area contributed by atoms with Crippen LogP contribution in [0.5, 0.6) is 0 Å². The molecule has 0 fully saturated rings. The molecular formula is C9H6ClIO2. The van der Waals surface area contributed by atoms with Crippen molar-refractivity contribution >= 4 is 46.2 Å². The minimum absolute atomic E-state index is 0.122. The van der Waals surface area contributed by atoms with E-state index in [1.54, 1.807) is 12.1 Å². The molecule has 2 nitrogen and oxygen atoms in total. The first kappa shape index (κ1) is 10.5. The number of aromatic carboxylic acids is 1. The van der Waals surface area contributed by atoms with Crippen molar-refractivity contribution in [2.45, 2.75) is 0 Å². The van der Waals surface area contributed by atoms with E-state index in [4.69, 9.17) is 16.7 Å². The monoisotopic (exact) mass is 308 g/mol. The molecule has 0 amide bonds. The minimum atomic E-state index is -1.02. The molecule has 0 saturated carbocycles. The van der Waals surface area contributed by atoms with Crippen molar-refractivity contribution in [1.29, 1.82) is 0 Å². The van der Waals surface area contributed by atoms with Crippen LogP contribution in [0.1, 0.15) is 15.9 Å². The molecular weight excluding hydrogens is 302 g/mol. The lowest BCUT2D eigenvalue weighted by Crippen LogP contribution is -1.98. The largest absolute Gasteiger partial charge is 0.478 e. The van der Waals surface area contributed by atoms with Crippen molar-refractivity contribution in [2.24, 2.45) is 0 Å². The molecule has 0 aromatic heterocycles. The van der Waals surface area contributed by atoms with Crippen molar-refractivity contribution in [1.82, 2.24) is 0 Å². The van der Waals surface area contributed by atoms with Gasteiger partial charge in [0.15, 0.2) is 0 Å². The van der Waals surface area contributed by atoms with Gasteiger partial charge in [0, 0.05) is 3.57 Å². The van der Waals surface area contributed by atoms with Crippen LogP contribution in [-0.4, -0.2) is 11.1 Å². The van der Waals surface area contributed by atoms with Gasteiger partial charge in [0.2, 0.25) is 0 Å². The summed E-state index contributed by atoms with van der Waals surface area (Å²) in [6.45, 7) is 3.60. The predicted octanol–water partition coefficient (Wildman–Crippen LogP) is 3.29. The van der Waals surface area contributed by atoms with Gasteiger partial charge in [0.25, 0.3) is 0 Å². The molecule has 0 atom stereocenters. The summed E-state index contributed by atoms with van der Waals surface area (Å²) >= 11 is 7.79. The number of rotatable bonds is 2. The molecule has 4 heteroatoms. The Kier molecular flexibility index (Phi) is 3.33. The summed E-state index contributed by atoms with van der Waals surface area (Å²) in [6, 6.07) is 3.13. The normalized spacial score (nSPS) is 9.69. The van der Waals surface area contributed by atoms with Crippen LogP contribution in [0.15, 0.2) is 18.7 Å². The number of benzene rings is 1.